The molecule has 5 nitrogen and oxygen atoms in total. The summed E-state index contributed by atoms with van der Waals surface area (Å²) in [5, 5.41) is 8.86. The number of nitrogens with zero attached hydrogens (tertiary/aromatic N) is 4. The molecule has 2 rings (SSSR count). The minimum absolute atomic E-state index is 0.475. The van der Waals surface area contributed by atoms with Crippen molar-refractivity contribution in [2.75, 3.05) is 51.3 Å². The molecule has 1 aromatic rings. The van der Waals surface area contributed by atoms with E-state index in [4.69, 9.17) is 10.00 Å². The van der Waals surface area contributed by atoms with Gasteiger partial charge in [0.2, 0.25) is 0 Å². The summed E-state index contributed by atoms with van der Waals surface area (Å²) in [6, 6.07) is 7.64. The predicted molar refractivity (Wildman–Crippen MR) is 78.7 cm³/mol. The Morgan fingerprint density at radius 2 is 2.15 bits per heavy atom. The molecule has 1 fully saturated rings. The van der Waals surface area contributed by atoms with E-state index in [0.29, 0.717) is 5.69 Å². The topological polar surface area (TPSA) is 52.4 Å². The van der Waals surface area contributed by atoms with Crippen molar-refractivity contribution in [2.45, 2.75) is 12.8 Å². The van der Waals surface area contributed by atoms with Crippen molar-refractivity contribution in [1.29, 1.82) is 5.26 Å². The molecule has 2 heterocycles. The Balaban J connectivity index is 1.69. The summed E-state index contributed by atoms with van der Waals surface area (Å²) < 4.78 is 5.34. The second kappa shape index (κ2) is 7.83. The van der Waals surface area contributed by atoms with Gasteiger partial charge < -0.3 is 9.64 Å². The van der Waals surface area contributed by atoms with E-state index in [9.17, 15) is 0 Å². The maximum Gasteiger partial charge on any atom is 0.142 e. The van der Waals surface area contributed by atoms with Crippen molar-refractivity contribution in [1.82, 2.24) is 9.88 Å². The van der Waals surface area contributed by atoms with Crippen LogP contribution in [0.1, 0.15) is 18.5 Å². The molecule has 0 radical (unpaired) electrons. The van der Waals surface area contributed by atoms with Gasteiger partial charge in [-0.2, -0.15) is 5.26 Å². The van der Waals surface area contributed by atoms with Crippen molar-refractivity contribution in [3.8, 4) is 6.07 Å². The van der Waals surface area contributed by atoms with Crippen LogP contribution < -0.4 is 4.90 Å². The third kappa shape index (κ3) is 4.48. The molecule has 1 aliphatic heterocycles. The molecule has 0 spiro atoms. The van der Waals surface area contributed by atoms with Gasteiger partial charge >= 0.3 is 0 Å². The first-order valence-electron chi connectivity index (χ1n) is 7.18. The van der Waals surface area contributed by atoms with Crippen LogP contribution in [0.5, 0.6) is 0 Å². The van der Waals surface area contributed by atoms with E-state index in [0.717, 1.165) is 51.6 Å². The second-order valence-electron chi connectivity index (χ2n) is 5.08. The smallest absolute Gasteiger partial charge is 0.142 e. The fourth-order valence-corrected chi connectivity index (χ4v) is 2.32. The van der Waals surface area contributed by atoms with Gasteiger partial charge in [-0.3, -0.25) is 4.90 Å². The van der Waals surface area contributed by atoms with Crippen LogP contribution in [-0.2, 0) is 4.74 Å². The molecule has 1 aliphatic rings. The van der Waals surface area contributed by atoms with Crippen LogP contribution in [0, 0.1) is 11.3 Å². The quantitative estimate of drug-likeness (QED) is 0.736. The Labute approximate surface area is 120 Å². The lowest BCUT2D eigenvalue weighted by atomic mass is 10.2. The normalized spacial score (nSPS) is 15.8. The number of morpholine rings is 1. The lowest BCUT2D eigenvalue weighted by molar-refractivity contribution is 0.0372. The molecule has 0 amide bonds. The van der Waals surface area contributed by atoms with Crippen molar-refractivity contribution in [3.63, 3.8) is 0 Å². The van der Waals surface area contributed by atoms with Gasteiger partial charge in [-0.15, -0.1) is 0 Å². The van der Waals surface area contributed by atoms with E-state index >= 15 is 0 Å². The molecule has 0 atom stereocenters. The molecular formula is C15H22N4O. The average molecular weight is 274 g/mol. The standard InChI is InChI=1S/C15H22N4O/c1-18(15-6-4-5-14(13-16)17-15)7-2-3-8-19-9-11-20-12-10-19/h4-6H,2-3,7-12H2,1H3. The summed E-state index contributed by atoms with van der Waals surface area (Å²) in [5.74, 6) is 0.871. The number of hydrogen-bond donors (Lipinski definition) is 0. The van der Waals surface area contributed by atoms with Gasteiger partial charge in [0.15, 0.2) is 0 Å². The molecule has 0 saturated carbocycles. The van der Waals surface area contributed by atoms with E-state index < -0.39 is 0 Å². The summed E-state index contributed by atoms with van der Waals surface area (Å²) in [7, 11) is 2.03. The third-order valence-electron chi connectivity index (χ3n) is 3.56. The largest absolute Gasteiger partial charge is 0.379 e. The maximum atomic E-state index is 8.86. The third-order valence-corrected chi connectivity index (χ3v) is 3.56. The first kappa shape index (κ1) is 14.8. The lowest BCUT2D eigenvalue weighted by Gasteiger charge is -2.26. The molecule has 0 aromatic carbocycles. The number of rotatable bonds is 6. The molecule has 0 N–H and O–H groups in total. The van der Waals surface area contributed by atoms with Crippen LogP contribution >= 0.6 is 0 Å². The van der Waals surface area contributed by atoms with Crippen molar-refractivity contribution in [3.05, 3.63) is 23.9 Å². The summed E-state index contributed by atoms with van der Waals surface area (Å²) in [4.78, 5) is 8.87. The monoisotopic (exact) mass is 274 g/mol. The van der Waals surface area contributed by atoms with Crippen molar-refractivity contribution < 1.29 is 4.74 Å². The van der Waals surface area contributed by atoms with E-state index in [-0.39, 0.29) is 0 Å². The number of hydrogen-bond acceptors (Lipinski definition) is 5. The SMILES string of the molecule is CN(CCCCN1CCOCC1)c1cccc(C#N)n1. The van der Waals surface area contributed by atoms with Crippen molar-refractivity contribution >= 4 is 5.82 Å². The van der Waals surface area contributed by atoms with Gasteiger partial charge in [0.1, 0.15) is 17.6 Å². The number of pyridine rings is 1. The number of aromatic nitrogens is 1. The summed E-state index contributed by atoms with van der Waals surface area (Å²) >= 11 is 0. The van der Waals surface area contributed by atoms with Crippen molar-refractivity contribution in [2.24, 2.45) is 0 Å². The Morgan fingerprint density at radius 1 is 1.35 bits per heavy atom. The highest BCUT2D eigenvalue weighted by atomic mass is 16.5. The highest BCUT2D eigenvalue weighted by Gasteiger charge is 2.09. The van der Waals surface area contributed by atoms with Crippen LogP contribution in [0.4, 0.5) is 5.82 Å². The van der Waals surface area contributed by atoms with E-state index in [2.05, 4.69) is 20.9 Å². The van der Waals surface area contributed by atoms with Gasteiger partial charge in [0.05, 0.1) is 13.2 Å². The molecule has 108 valence electrons. The summed E-state index contributed by atoms with van der Waals surface area (Å²) in [6.45, 7) is 5.95. The van der Waals surface area contributed by atoms with Crippen LogP contribution in [0.3, 0.4) is 0 Å². The second-order valence-corrected chi connectivity index (χ2v) is 5.08. The summed E-state index contributed by atoms with van der Waals surface area (Å²) in [5.41, 5.74) is 0.475. The van der Waals surface area contributed by atoms with E-state index in [1.807, 2.05) is 19.2 Å². The Hall–Kier alpha value is -1.64. The lowest BCUT2D eigenvalue weighted by Crippen LogP contribution is -2.37. The van der Waals surface area contributed by atoms with E-state index in [1.165, 1.54) is 6.42 Å². The predicted octanol–water partition coefficient (Wildman–Crippen LogP) is 1.50. The number of nitriles is 1. The molecule has 20 heavy (non-hydrogen) atoms. The van der Waals surface area contributed by atoms with Gasteiger partial charge in [0.25, 0.3) is 0 Å². The maximum absolute atomic E-state index is 8.86. The fourth-order valence-electron chi connectivity index (χ4n) is 2.32. The Bertz CT molecular complexity index is 451. The van der Waals surface area contributed by atoms with Gasteiger partial charge in [-0.25, -0.2) is 4.98 Å². The van der Waals surface area contributed by atoms with Crippen LogP contribution in [0.25, 0.3) is 0 Å². The molecule has 0 aliphatic carbocycles. The number of ether oxygens (including phenoxy) is 1. The average Bonchev–Trinajstić information content (AvgIpc) is 2.52. The molecule has 0 bridgehead atoms. The Kier molecular flexibility index (Phi) is 5.78. The minimum atomic E-state index is 0.475. The molecule has 1 aromatic heterocycles. The van der Waals surface area contributed by atoms with Gasteiger partial charge in [0, 0.05) is 26.7 Å². The highest BCUT2D eigenvalue weighted by molar-refractivity contribution is 5.40. The van der Waals surface area contributed by atoms with Crippen LogP contribution in [0.15, 0.2) is 18.2 Å². The molecule has 1 saturated heterocycles. The zero-order valence-corrected chi connectivity index (χ0v) is 12.1. The fraction of sp³-hybridized carbons (Fsp3) is 0.600. The minimum Gasteiger partial charge on any atom is -0.379 e. The first-order chi connectivity index (χ1) is 9.79. The van der Waals surface area contributed by atoms with E-state index in [1.54, 1.807) is 6.07 Å². The molecular weight excluding hydrogens is 252 g/mol. The molecule has 5 heteroatoms. The first-order valence-corrected chi connectivity index (χ1v) is 7.18. The number of anilines is 1. The van der Waals surface area contributed by atoms with Gasteiger partial charge in [-0.1, -0.05) is 6.07 Å². The Morgan fingerprint density at radius 3 is 2.90 bits per heavy atom. The zero-order valence-electron chi connectivity index (χ0n) is 12.1. The highest BCUT2D eigenvalue weighted by Crippen LogP contribution is 2.10. The van der Waals surface area contributed by atoms with Crippen LogP contribution in [0.2, 0.25) is 0 Å². The molecule has 0 unspecified atom stereocenters. The summed E-state index contributed by atoms with van der Waals surface area (Å²) in [6.07, 6.45) is 2.31. The number of unbranched alkanes of at least 4 members (excludes halogenated alkanes) is 1. The van der Waals surface area contributed by atoms with Gasteiger partial charge in [-0.05, 0) is 31.5 Å². The zero-order chi connectivity index (χ0) is 14.2. The van der Waals surface area contributed by atoms with Crippen LogP contribution in [-0.4, -0.2) is 56.3 Å².